The summed E-state index contributed by atoms with van der Waals surface area (Å²) in [6, 6.07) is 10.9. The normalized spacial score (nSPS) is 11.6. The molecule has 0 saturated heterocycles. The predicted octanol–water partition coefficient (Wildman–Crippen LogP) is 3.67. The van der Waals surface area contributed by atoms with Crippen LogP contribution in [0.4, 0.5) is 4.39 Å². The third kappa shape index (κ3) is 4.00. The molecule has 20 heavy (non-hydrogen) atoms. The lowest BCUT2D eigenvalue weighted by Gasteiger charge is -2.07. The summed E-state index contributed by atoms with van der Waals surface area (Å²) in [6.45, 7) is 0.104. The largest absolute Gasteiger partial charge is 0.240 e. The molecule has 106 valence electrons. The molecule has 3 nitrogen and oxygen atoms in total. The lowest BCUT2D eigenvalue weighted by molar-refractivity contribution is 0.581. The molecule has 2 aromatic carbocycles. The lowest BCUT2D eigenvalue weighted by atomic mass is 10.2. The fourth-order valence-electron chi connectivity index (χ4n) is 1.53. The maximum atomic E-state index is 13.1. The molecule has 0 spiro atoms. The standard InChI is InChI=1S/C13H10BrFINO2S/c14-12-7-9(1-6-13(12)15)8-17-20(18,19)11-4-2-10(16)3-5-11/h1-7,17H,8H2. The first-order valence-corrected chi connectivity index (χ1v) is 8.93. The lowest BCUT2D eigenvalue weighted by Crippen LogP contribution is -2.23. The van der Waals surface area contributed by atoms with E-state index in [0.29, 0.717) is 10.0 Å². The molecule has 0 fully saturated rings. The zero-order valence-electron chi connectivity index (χ0n) is 10.1. The topological polar surface area (TPSA) is 46.2 Å². The van der Waals surface area contributed by atoms with Gasteiger partial charge in [0.1, 0.15) is 5.82 Å². The van der Waals surface area contributed by atoms with Crippen molar-refractivity contribution in [3.63, 3.8) is 0 Å². The average Bonchev–Trinajstić information content (AvgIpc) is 2.41. The van der Waals surface area contributed by atoms with E-state index in [4.69, 9.17) is 0 Å². The summed E-state index contributed by atoms with van der Waals surface area (Å²) >= 11 is 5.17. The second-order valence-electron chi connectivity index (χ2n) is 4.03. The average molecular weight is 470 g/mol. The molecule has 0 bridgehead atoms. The molecule has 0 heterocycles. The van der Waals surface area contributed by atoms with Crippen molar-refractivity contribution in [1.29, 1.82) is 0 Å². The quantitative estimate of drug-likeness (QED) is 0.694. The summed E-state index contributed by atoms with van der Waals surface area (Å²) in [4.78, 5) is 0.207. The second kappa shape index (κ2) is 6.50. The minimum absolute atomic E-state index is 0.104. The number of hydrogen-bond donors (Lipinski definition) is 1. The van der Waals surface area contributed by atoms with E-state index >= 15 is 0 Å². The Kier molecular flexibility index (Phi) is 5.16. The van der Waals surface area contributed by atoms with Gasteiger partial charge in [0.05, 0.1) is 9.37 Å². The molecule has 2 rings (SSSR count). The van der Waals surface area contributed by atoms with Gasteiger partial charge in [-0.15, -0.1) is 0 Å². The second-order valence-corrected chi connectivity index (χ2v) is 7.89. The molecule has 0 aliphatic carbocycles. The Bertz CT molecular complexity index is 720. The molecular weight excluding hydrogens is 460 g/mol. The van der Waals surface area contributed by atoms with E-state index in [2.05, 4.69) is 43.2 Å². The molecule has 0 aliphatic heterocycles. The van der Waals surface area contributed by atoms with Crippen LogP contribution in [0.25, 0.3) is 0 Å². The third-order valence-electron chi connectivity index (χ3n) is 2.57. The van der Waals surface area contributed by atoms with Crippen molar-refractivity contribution < 1.29 is 12.8 Å². The Hall–Kier alpha value is -0.510. The van der Waals surface area contributed by atoms with Gasteiger partial charge in [0.15, 0.2) is 0 Å². The van der Waals surface area contributed by atoms with Crippen LogP contribution in [-0.4, -0.2) is 8.42 Å². The van der Waals surface area contributed by atoms with E-state index in [1.807, 2.05) is 0 Å². The Morgan fingerprint density at radius 3 is 2.40 bits per heavy atom. The Morgan fingerprint density at radius 2 is 1.80 bits per heavy atom. The third-order valence-corrected chi connectivity index (χ3v) is 5.32. The van der Waals surface area contributed by atoms with Gasteiger partial charge >= 0.3 is 0 Å². The molecule has 0 aromatic heterocycles. The van der Waals surface area contributed by atoms with Crippen LogP contribution in [0.3, 0.4) is 0 Å². The molecule has 0 radical (unpaired) electrons. The molecule has 0 aliphatic rings. The maximum Gasteiger partial charge on any atom is 0.240 e. The summed E-state index contributed by atoms with van der Waals surface area (Å²) in [5.41, 5.74) is 0.673. The number of rotatable bonds is 4. The van der Waals surface area contributed by atoms with Crippen molar-refractivity contribution in [2.24, 2.45) is 0 Å². The number of hydrogen-bond acceptors (Lipinski definition) is 2. The molecule has 1 N–H and O–H groups in total. The van der Waals surface area contributed by atoms with Gasteiger partial charge in [-0.2, -0.15) is 0 Å². The monoisotopic (exact) mass is 469 g/mol. The minimum Gasteiger partial charge on any atom is -0.207 e. The molecular formula is C13H10BrFINO2S. The maximum absolute atomic E-state index is 13.1. The predicted molar refractivity (Wildman–Crippen MR) is 87.3 cm³/mol. The Morgan fingerprint density at radius 1 is 1.15 bits per heavy atom. The molecule has 0 atom stereocenters. The fourth-order valence-corrected chi connectivity index (χ4v) is 3.33. The van der Waals surface area contributed by atoms with E-state index in [1.165, 1.54) is 12.1 Å². The highest BCUT2D eigenvalue weighted by molar-refractivity contribution is 14.1. The molecule has 0 unspecified atom stereocenters. The number of halogens is 3. The minimum atomic E-state index is -3.56. The number of benzene rings is 2. The first-order valence-electron chi connectivity index (χ1n) is 5.58. The Balaban J connectivity index is 2.13. The summed E-state index contributed by atoms with van der Waals surface area (Å²) in [6.07, 6.45) is 0. The highest BCUT2D eigenvalue weighted by Gasteiger charge is 2.13. The van der Waals surface area contributed by atoms with E-state index in [-0.39, 0.29) is 17.3 Å². The fraction of sp³-hybridized carbons (Fsp3) is 0.0769. The first kappa shape index (κ1) is 15.9. The van der Waals surface area contributed by atoms with Gasteiger partial charge < -0.3 is 0 Å². The highest BCUT2D eigenvalue weighted by atomic mass is 127. The van der Waals surface area contributed by atoms with Crippen LogP contribution in [0, 0.1) is 9.39 Å². The Labute approximate surface area is 138 Å². The van der Waals surface area contributed by atoms with Crippen molar-refractivity contribution in [2.45, 2.75) is 11.4 Å². The van der Waals surface area contributed by atoms with Gasteiger partial charge in [0.25, 0.3) is 0 Å². The first-order chi connectivity index (χ1) is 9.38. The summed E-state index contributed by atoms with van der Waals surface area (Å²) in [5.74, 6) is -0.380. The van der Waals surface area contributed by atoms with Gasteiger partial charge in [0, 0.05) is 10.1 Å². The van der Waals surface area contributed by atoms with Crippen molar-refractivity contribution in [2.75, 3.05) is 0 Å². The van der Waals surface area contributed by atoms with Crippen molar-refractivity contribution in [3.8, 4) is 0 Å². The van der Waals surface area contributed by atoms with Crippen LogP contribution in [0.1, 0.15) is 5.56 Å². The zero-order chi connectivity index (χ0) is 14.8. The van der Waals surface area contributed by atoms with Crippen LogP contribution in [-0.2, 0) is 16.6 Å². The van der Waals surface area contributed by atoms with Crippen LogP contribution in [0.2, 0.25) is 0 Å². The van der Waals surface area contributed by atoms with Crippen LogP contribution < -0.4 is 4.72 Å². The summed E-state index contributed by atoms with van der Waals surface area (Å²) < 4.78 is 41.0. The van der Waals surface area contributed by atoms with Crippen LogP contribution >= 0.6 is 38.5 Å². The van der Waals surface area contributed by atoms with E-state index in [9.17, 15) is 12.8 Å². The molecule has 0 amide bonds. The van der Waals surface area contributed by atoms with Gasteiger partial charge in [-0.25, -0.2) is 17.5 Å². The van der Waals surface area contributed by atoms with Gasteiger partial charge in [-0.05, 0) is 80.5 Å². The van der Waals surface area contributed by atoms with E-state index in [0.717, 1.165) is 3.57 Å². The van der Waals surface area contributed by atoms with Crippen LogP contribution in [0.15, 0.2) is 51.8 Å². The highest BCUT2D eigenvalue weighted by Crippen LogP contribution is 2.17. The molecule has 2 aromatic rings. The van der Waals surface area contributed by atoms with E-state index in [1.54, 1.807) is 30.3 Å². The molecule has 7 heteroatoms. The van der Waals surface area contributed by atoms with Crippen LogP contribution in [0.5, 0.6) is 0 Å². The van der Waals surface area contributed by atoms with E-state index < -0.39 is 10.0 Å². The zero-order valence-corrected chi connectivity index (χ0v) is 14.7. The van der Waals surface area contributed by atoms with Crippen molar-refractivity contribution in [3.05, 3.63) is 61.9 Å². The summed E-state index contributed by atoms with van der Waals surface area (Å²) in [7, 11) is -3.56. The van der Waals surface area contributed by atoms with Crippen molar-refractivity contribution >= 4 is 48.5 Å². The van der Waals surface area contributed by atoms with Gasteiger partial charge in [-0.1, -0.05) is 6.07 Å². The SMILES string of the molecule is O=S(=O)(NCc1ccc(F)c(Br)c1)c1ccc(I)cc1. The number of sulfonamides is 1. The van der Waals surface area contributed by atoms with Gasteiger partial charge in [0.2, 0.25) is 10.0 Å². The smallest absolute Gasteiger partial charge is 0.207 e. The van der Waals surface area contributed by atoms with Crippen molar-refractivity contribution in [1.82, 2.24) is 4.72 Å². The summed E-state index contributed by atoms with van der Waals surface area (Å²) in [5, 5.41) is 0. The molecule has 0 saturated carbocycles. The number of nitrogens with one attached hydrogen (secondary N) is 1. The van der Waals surface area contributed by atoms with Gasteiger partial charge in [-0.3, -0.25) is 0 Å².